The van der Waals surface area contributed by atoms with Gasteiger partial charge in [-0.2, -0.15) is 13.2 Å². The lowest BCUT2D eigenvalue weighted by Gasteiger charge is -2.32. The molecule has 3 heterocycles. The van der Waals surface area contributed by atoms with Crippen LogP contribution in [0.5, 0.6) is 5.75 Å². The quantitative estimate of drug-likeness (QED) is 0.322. The summed E-state index contributed by atoms with van der Waals surface area (Å²) in [5.74, 6) is -3.44. The number of nitrogens with two attached hydrogens (primary N) is 1. The first-order valence-electron chi connectivity index (χ1n) is 14.1. The van der Waals surface area contributed by atoms with Crippen LogP contribution in [0.3, 0.4) is 0 Å². The second-order valence-electron chi connectivity index (χ2n) is 11.7. The number of nitrogens with zero attached hydrogens (tertiary/aromatic N) is 2. The normalized spacial score (nSPS) is 25.4. The van der Waals surface area contributed by atoms with E-state index in [4.69, 9.17) is 15.2 Å². The Labute approximate surface area is 254 Å². The Morgan fingerprint density at radius 1 is 1.27 bits per heavy atom. The number of primary amides is 1. The van der Waals surface area contributed by atoms with Crippen LogP contribution in [0.4, 0.5) is 17.6 Å². The van der Waals surface area contributed by atoms with E-state index >= 15 is 0 Å². The number of ether oxygens (including phenoxy) is 2. The van der Waals surface area contributed by atoms with Gasteiger partial charge < -0.3 is 25.6 Å². The summed E-state index contributed by atoms with van der Waals surface area (Å²) in [6.07, 6.45) is -1.08. The van der Waals surface area contributed by atoms with Crippen molar-refractivity contribution in [2.75, 3.05) is 20.3 Å². The van der Waals surface area contributed by atoms with Gasteiger partial charge in [0.05, 0.1) is 31.3 Å². The summed E-state index contributed by atoms with van der Waals surface area (Å²) in [5, 5.41) is 14.9. The van der Waals surface area contributed by atoms with Crippen molar-refractivity contribution in [3.05, 3.63) is 70.9 Å². The molecule has 6 rings (SSSR count). The fourth-order valence-corrected chi connectivity index (χ4v) is 5.68. The molecule has 2 fully saturated rings. The van der Waals surface area contributed by atoms with Crippen LogP contribution >= 0.6 is 0 Å². The summed E-state index contributed by atoms with van der Waals surface area (Å²) in [4.78, 5) is 42.7. The van der Waals surface area contributed by atoms with Crippen LogP contribution in [0.25, 0.3) is 11.3 Å². The third kappa shape index (κ3) is 4.99. The molecule has 1 aromatic carbocycles. The Morgan fingerprint density at radius 2 is 1.96 bits per heavy atom. The van der Waals surface area contributed by atoms with Crippen LogP contribution in [-0.2, 0) is 30.1 Å². The molecule has 238 valence electrons. The molecular weight excluding hydrogens is 602 g/mol. The number of hydrogen-bond donors (Lipinski definition) is 4. The van der Waals surface area contributed by atoms with Crippen molar-refractivity contribution >= 4 is 17.7 Å². The highest BCUT2D eigenvalue weighted by Crippen LogP contribution is 2.48. The lowest BCUT2D eigenvalue weighted by atomic mass is 9.81. The van der Waals surface area contributed by atoms with Crippen molar-refractivity contribution < 1.29 is 46.5 Å². The second kappa shape index (κ2) is 10.5. The van der Waals surface area contributed by atoms with E-state index in [0.29, 0.717) is 0 Å². The molecule has 4 atom stereocenters. The third-order valence-electron chi connectivity index (χ3n) is 8.66. The molecule has 45 heavy (non-hydrogen) atoms. The van der Waals surface area contributed by atoms with Gasteiger partial charge in [0.25, 0.3) is 5.91 Å². The molecule has 2 aliphatic heterocycles. The maximum atomic E-state index is 14.7. The molecule has 2 aromatic rings. The number of aromatic nitrogens is 1. The number of carbonyl (C=O) groups is 3. The number of methoxy groups -OCH3 is 1. The van der Waals surface area contributed by atoms with Gasteiger partial charge in [0.15, 0.2) is 0 Å². The van der Waals surface area contributed by atoms with Crippen molar-refractivity contribution in [2.24, 2.45) is 11.7 Å². The van der Waals surface area contributed by atoms with Gasteiger partial charge >= 0.3 is 6.18 Å². The summed E-state index contributed by atoms with van der Waals surface area (Å²) in [6.45, 7) is -0.325. The molecule has 3 unspecified atom stereocenters. The average molecular weight is 632 g/mol. The summed E-state index contributed by atoms with van der Waals surface area (Å²) >= 11 is 0. The Balaban J connectivity index is 1.36. The number of amides is 3. The molecule has 3 amide bonds. The molecule has 0 bridgehead atoms. The summed E-state index contributed by atoms with van der Waals surface area (Å²) in [7, 11) is 1.35. The minimum absolute atomic E-state index is 0.0233. The summed E-state index contributed by atoms with van der Waals surface area (Å²) in [6, 6.07) is 4.96. The van der Waals surface area contributed by atoms with E-state index in [-0.39, 0.29) is 52.5 Å². The van der Waals surface area contributed by atoms with E-state index in [1.165, 1.54) is 43.3 Å². The van der Waals surface area contributed by atoms with E-state index in [0.717, 1.165) is 31.0 Å². The lowest BCUT2D eigenvalue weighted by Crippen LogP contribution is -2.52. The lowest BCUT2D eigenvalue weighted by molar-refractivity contribution is -0.265. The first-order chi connectivity index (χ1) is 21.2. The van der Waals surface area contributed by atoms with Gasteiger partial charge in [-0.05, 0) is 56.2 Å². The van der Waals surface area contributed by atoms with Crippen molar-refractivity contribution in [3.63, 3.8) is 0 Å². The minimum atomic E-state index is -5.39. The van der Waals surface area contributed by atoms with Crippen molar-refractivity contribution in [1.82, 2.24) is 20.7 Å². The number of halogens is 4. The van der Waals surface area contributed by atoms with E-state index < -0.39 is 59.0 Å². The summed E-state index contributed by atoms with van der Waals surface area (Å²) in [5.41, 5.74) is 2.12. The topological polar surface area (TPSA) is 156 Å². The molecule has 15 heteroatoms. The molecule has 4 aliphatic rings. The van der Waals surface area contributed by atoms with Crippen LogP contribution in [0.1, 0.15) is 31.0 Å². The molecule has 0 radical (unpaired) electrons. The van der Waals surface area contributed by atoms with Crippen LogP contribution in [0, 0.1) is 11.7 Å². The van der Waals surface area contributed by atoms with Gasteiger partial charge in [-0.25, -0.2) is 14.8 Å². The average Bonchev–Trinajstić information content (AvgIpc) is 3.71. The number of pyridine rings is 1. The number of nitrogens with one attached hydrogen (secondary N) is 2. The van der Waals surface area contributed by atoms with Gasteiger partial charge in [-0.3, -0.25) is 19.4 Å². The van der Waals surface area contributed by atoms with Crippen LogP contribution in [0.15, 0.2) is 53.8 Å². The maximum Gasteiger partial charge on any atom is 0.424 e. The Kier molecular flexibility index (Phi) is 7.16. The van der Waals surface area contributed by atoms with E-state index in [2.05, 4.69) is 15.7 Å². The molecule has 1 saturated heterocycles. The van der Waals surface area contributed by atoms with Crippen molar-refractivity contribution in [3.8, 4) is 17.0 Å². The zero-order valence-corrected chi connectivity index (χ0v) is 24.1. The fraction of sp³-hybridized carbons (Fsp3) is 0.400. The predicted molar refractivity (Wildman–Crippen MR) is 148 cm³/mol. The largest absolute Gasteiger partial charge is 0.499 e. The smallest absolute Gasteiger partial charge is 0.424 e. The standard InChI is InChI=1S/C30H29F4N5O6/c1-28(27(35)42)13-45-24-19(28)11-21(37-22(24)14-3-5-16(31)6-4-14)29(43,30(32,33)34)12-36-25(40)15-9-18-23(20(10-15)44-2)38-39(26(18)41)17-7-8-17/h3-6,9-11,17-18,23,38,43H,7-8,12-13H2,1-2H3,(H2,35,42)(H,36,40)/t18?,23?,28-,29?/m0/s1. The van der Waals surface area contributed by atoms with E-state index in [1.807, 2.05) is 0 Å². The van der Waals surface area contributed by atoms with Gasteiger partial charge in [0.2, 0.25) is 17.4 Å². The van der Waals surface area contributed by atoms with Crippen LogP contribution in [0.2, 0.25) is 0 Å². The maximum absolute atomic E-state index is 14.7. The number of benzene rings is 1. The van der Waals surface area contributed by atoms with Gasteiger partial charge in [0.1, 0.15) is 35.0 Å². The molecule has 1 saturated carbocycles. The van der Waals surface area contributed by atoms with E-state index in [1.54, 1.807) is 0 Å². The number of carbonyl (C=O) groups excluding carboxylic acids is 3. The Hall–Kier alpha value is -4.50. The minimum Gasteiger partial charge on any atom is -0.499 e. The Bertz CT molecular complexity index is 1660. The monoisotopic (exact) mass is 631 g/mol. The van der Waals surface area contributed by atoms with Crippen LogP contribution < -0.4 is 21.2 Å². The number of fused-ring (bicyclic) bond motifs is 2. The Morgan fingerprint density at radius 3 is 2.56 bits per heavy atom. The van der Waals surface area contributed by atoms with Crippen molar-refractivity contribution in [1.29, 1.82) is 0 Å². The zero-order chi connectivity index (χ0) is 32.5. The molecule has 0 spiro atoms. The fourth-order valence-electron chi connectivity index (χ4n) is 5.68. The third-order valence-corrected chi connectivity index (χ3v) is 8.66. The number of alkyl halides is 3. The highest BCUT2D eigenvalue weighted by atomic mass is 19.4. The van der Waals surface area contributed by atoms with E-state index in [9.17, 15) is 37.1 Å². The van der Waals surface area contributed by atoms with Gasteiger partial charge in [0, 0.05) is 22.7 Å². The molecule has 11 nitrogen and oxygen atoms in total. The molecule has 5 N–H and O–H groups in total. The number of hydrazine groups is 1. The highest BCUT2D eigenvalue weighted by molar-refractivity contribution is 5.98. The highest BCUT2D eigenvalue weighted by Gasteiger charge is 2.58. The van der Waals surface area contributed by atoms with Crippen LogP contribution in [-0.4, -0.2) is 71.3 Å². The first kappa shape index (κ1) is 30.5. The first-order valence-corrected chi connectivity index (χ1v) is 14.1. The SMILES string of the molecule is COC1=CC(C(=O)NCC(O)(c2cc3c(c(-c4ccc(F)cc4)n2)OC[C@]3(C)C(N)=O)C(F)(F)F)=CC2C(=O)N(C3CC3)NC12. The number of rotatable bonds is 8. The second-order valence-corrected chi connectivity index (χ2v) is 11.7. The predicted octanol–water partition coefficient (Wildman–Crippen LogP) is 1.85. The summed E-state index contributed by atoms with van der Waals surface area (Å²) < 4.78 is 68.9. The zero-order valence-electron chi connectivity index (χ0n) is 24.1. The molecule has 2 aliphatic carbocycles. The number of aliphatic hydroxyl groups is 1. The molecular formula is C30H29F4N5O6. The molecule has 1 aromatic heterocycles. The van der Waals surface area contributed by atoms with Gasteiger partial charge in [-0.15, -0.1) is 0 Å². The van der Waals surface area contributed by atoms with Gasteiger partial charge in [-0.1, -0.05) is 6.08 Å². The van der Waals surface area contributed by atoms with Crippen molar-refractivity contribution in [2.45, 2.75) is 49.0 Å². The number of hydrogen-bond acceptors (Lipinski definition) is 8.